The first-order chi connectivity index (χ1) is 13.3. The van der Waals surface area contributed by atoms with Crippen molar-refractivity contribution in [2.75, 3.05) is 0 Å². The van der Waals surface area contributed by atoms with Gasteiger partial charge in [0.05, 0.1) is 22.2 Å². The number of rotatable bonds is 4. The van der Waals surface area contributed by atoms with E-state index in [0.29, 0.717) is 46.3 Å². The van der Waals surface area contributed by atoms with Crippen molar-refractivity contribution in [2.45, 2.75) is 50.2 Å². The topological polar surface area (TPSA) is 125 Å². The molecule has 0 bridgehead atoms. The smallest absolute Gasteiger partial charge is 0.248 e. The number of aliphatic hydroxyl groups excluding tert-OH is 1. The molecule has 28 heavy (non-hydrogen) atoms. The summed E-state index contributed by atoms with van der Waals surface area (Å²) in [7, 11) is -3.94. The van der Waals surface area contributed by atoms with Crippen LogP contribution in [0.1, 0.15) is 30.7 Å². The third kappa shape index (κ3) is 3.25. The molecule has 0 saturated heterocycles. The minimum atomic E-state index is -3.94. The third-order valence-corrected chi connectivity index (χ3v) is 6.73. The average molecular weight is 403 g/mol. The lowest BCUT2D eigenvalue weighted by Crippen LogP contribution is -2.39. The highest BCUT2D eigenvalue weighted by Crippen LogP contribution is 2.33. The molecule has 148 valence electrons. The fourth-order valence-corrected chi connectivity index (χ4v) is 5.39. The Morgan fingerprint density at radius 1 is 1.25 bits per heavy atom. The average Bonchev–Trinajstić information content (AvgIpc) is 3.18. The highest BCUT2D eigenvalue weighted by Gasteiger charge is 2.31. The molecule has 3 N–H and O–H groups in total. The molecule has 8 nitrogen and oxygen atoms in total. The molecule has 3 aromatic rings. The predicted octanol–water partition coefficient (Wildman–Crippen LogP) is 1.99. The van der Waals surface area contributed by atoms with Crippen LogP contribution in [-0.4, -0.2) is 35.8 Å². The van der Waals surface area contributed by atoms with E-state index in [0.717, 1.165) is 6.42 Å². The maximum absolute atomic E-state index is 13.2. The van der Waals surface area contributed by atoms with Crippen LogP contribution in [0.3, 0.4) is 0 Å². The largest absolute Gasteiger partial charge is 0.391 e. The Morgan fingerprint density at radius 3 is 2.68 bits per heavy atom. The lowest BCUT2D eigenvalue weighted by Gasteiger charge is -2.18. The van der Waals surface area contributed by atoms with Gasteiger partial charge in [0, 0.05) is 23.1 Å². The number of aryl methyl sites for hydroxylation is 2. The number of benzene rings is 1. The molecule has 1 fully saturated rings. The number of hydrogen-bond donors (Lipinski definition) is 3. The molecule has 4 rings (SSSR count). The zero-order valence-electron chi connectivity index (χ0n) is 15.5. The molecule has 0 spiro atoms. The minimum absolute atomic E-state index is 0.0374. The number of nitrogens with one attached hydrogen (secondary N) is 2. The van der Waals surface area contributed by atoms with Gasteiger partial charge in [0.25, 0.3) is 0 Å². The van der Waals surface area contributed by atoms with Crippen molar-refractivity contribution in [2.24, 2.45) is 0 Å². The van der Waals surface area contributed by atoms with Gasteiger partial charge in [-0.3, -0.25) is 4.79 Å². The van der Waals surface area contributed by atoms with E-state index >= 15 is 0 Å². The van der Waals surface area contributed by atoms with E-state index in [1.54, 1.807) is 26.0 Å². The van der Waals surface area contributed by atoms with Gasteiger partial charge in [0.1, 0.15) is 5.76 Å². The molecular weight excluding hydrogens is 382 g/mol. The SMILES string of the molecule is Cc1noc(C)c1-c1cc(S(=O)(=O)NC2CCCC2O)c2ccc(=O)[nH]c2c1. The molecule has 2 atom stereocenters. The Bertz CT molecular complexity index is 1190. The molecule has 0 aliphatic heterocycles. The van der Waals surface area contributed by atoms with Crippen LogP contribution < -0.4 is 10.3 Å². The van der Waals surface area contributed by atoms with Crippen molar-refractivity contribution >= 4 is 20.9 Å². The Hall–Kier alpha value is -2.49. The first-order valence-electron chi connectivity index (χ1n) is 9.07. The van der Waals surface area contributed by atoms with Crippen molar-refractivity contribution in [3.05, 3.63) is 46.1 Å². The van der Waals surface area contributed by atoms with Crippen LogP contribution in [0.15, 0.2) is 38.5 Å². The molecule has 1 aliphatic rings. The van der Waals surface area contributed by atoms with E-state index in [2.05, 4.69) is 14.9 Å². The van der Waals surface area contributed by atoms with Gasteiger partial charge in [-0.2, -0.15) is 0 Å². The normalized spacial score (nSPS) is 20.1. The van der Waals surface area contributed by atoms with Gasteiger partial charge in [0.2, 0.25) is 15.6 Å². The number of aliphatic hydroxyl groups is 1. The molecule has 2 aromatic heterocycles. The minimum Gasteiger partial charge on any atom is -0.391 e. The van der Waals surface area contributed by atoms with E-state index in [-0.39, 0.29) is 10.5 Å². The van der Waals surface area contributed by atoms with Crippen LogP contribution in [-0.2, 0) is 10.0 Å². The predicted molar refractivity (Wildman–Crippen MR) is 104 cm³/mol. The standard InChI is InChI=1S/C19H21N3O5S/c1-10-19(11(2)27-21-10)12-8-15-13(6-7-18(24)20-15)17(9-12)28(25,26)22-14-4-3-5-16(14)23/h6-9,14,16,22-23H,3-5H2,1-2H3,(H,20,24). The van der Waals surface area contributed by atoms with Crippen LogP contribution in [0, 0.1) is 13.8 Å². The number of nitrogens with zero attached hydrogens (tertiary/aromatic N) is 1. The summed E-state index contributed by atoms with van der Waals surface area (Å²) in [5.74, 6) is 0.553. The summed E-state index contributed by atoms with van der Waals surface area (Å²) in [5.41, 5.74) is 1.96. The van der Waals surface area contributed by atoms with Gasteiger partial charge >= 0.3 is 0 Å². The number of H-pyrrole nitrogens is 1. The summed E-state index contributed by atoms with van der Waals surface area (Å²) in [4.78, 5) is 14.5. The van der Waals surface area contributed by atoms with Crippen molar-refractivity contribution in [3.63, 3.8) is 0 Å². The van der Waals surface area contributed by atoms with Crippen molar-refractivity contribution in [1.29, 1.82) is 0 Å². The highest BCUT2D eigenvalue weighted by atomic mass is 32.2. The summed E-state index contributed by atoms with van der Waals surface area (Å²) in [6, 6.07) is 5.53. The molecule has 9 heteroatoms. The molecule has 1 saturated carbocycles. The van der Waals surface area contributed by atoms with Crippen molar-refractivity contribution in [3.8, 4) is 11.1 Å². The zero-order valence-corrected chi connectivity index (χ0v) is 16.3. The summed E-state index contributed by atoms with van der Waals surface area (Å²) in [6.07, 6.45) is 1.22. The fraction of sp³-hybridized carbons (Fsp3) is 0.368. The first kappa shape index (κ1) is 18.9. The summed E-state index contributed by atoms with van der Waals surface area (Å²) >= 11 is 0. The van der Waals surface area contributed by atoms with Gasteiger partial charge in [-0.25, -0.2) is 13.1 Å². The summed E-state index contributed by atoms with van der Waals surface area (Å²) in [5, 5.41) is 14.4. The Balaban J connectivity index is 1.92. The van der Waals surface area contributed by atoms with Crippen LogP contribution in [0.4, 0.5) is 0 Å². The maximum Gasteiger partial charge on any atom is 0.248 e. The van der Waals surface area contributed by atoms with Gasteiger partial charge in [0.15, 0.2) is 0 Å². The Labute approximate surface area is 161 Å². The quantitative estimate of drug-likeness (QED) is 0.612. The van der Waals surface area contributed by atoms with Crippen LogP contribution in [0.5, 0.6) is 0 Å². The number of sulfonamides is 1. The number of aromatic amines is 1. The molecule has 2 heterocycles. The summed E-state index contributed by atoms with van der Waals surface area (Å²) < 4.78 is 34.2. The highest BCUT2D eigenvalue weighted by molar-refractivity contribution is 7.89. The zero-order chi connectivity index (χ0) is 20.1. The van der Waals surface area contributed by atoms with Crippen LogP contribution >= 0.6 is 0 Å². The van der Waals surface area contributed by atoms with Gasteiger partial charge in [-0.15, -0.1) is 0 Å². The monoisotopic (exact) mass is 403 g/mol. The maximum atomic E-state index is 13.2. The number of hydrogen-bond acceptors (Lipinski definition) is 6. The van der Waals surface area contributed by atoms with Crippen molar-refractivity contribution in [1.82, 2.24) is 14.9 Å². The second-order valence-corrected chi connectivity index (χ2v) is 8.87. The lowest BCUT2D eigenvalue weighted by atomic mass is 10.0. The van der Waals surface area contributed by atoms with Gasteiger partial charge in [-0.1, -0.05) is 5.16 Å². The number of pyridine rings is 1. The first-order valence-corrected chi connectivity index (χ1v) is 10.6. The molecule has 0 amide bonds. The summed E-state index contributed by atoms with van der Waals surface area (Å²) in [6.45, 7) is 3.51. The second-order valence-electron chi connectivity index (χ2n) is 7.18. The van der Waals surface area contributed by atoms with Gasteiger partial charge in [-0.05, 0) is 56.9 Å². The molecule has 2 unspecified atom stereocenters. The number of aromatic nitrogens is 2. The Morgan fingerprint density at radius 2 is 2.04 bits per heavy atom. The fourth-order valence-electron chi connectivity index (χ4n) is 3.84. The number of fused-ring (bicyclic) bond motifs is 1. The van der Waals surface area contributed by atoms with E-state index in [4.69, 9.17) is 4.52 Å². The third-order valence-electron chi connectivity index (χ3n) is 5.20. The molecule has 1 aromatic carbocycles. The molecule has 0 radical (unpaired) electrons. The van der Waals surface area contributed by atoms with E-state index in [9.17, 15) is 18.3 Å². The molecular formula is C19H21N3O5S. The molecule has 1 aliphatic carbocycles. The van der Waals surface area contributed by atoms with Crippen LogP contribution in [0.25, 0.3) is 22.0 Å². The van der Waals surface area contributed by atoms with E-state index in [1.165, 1.54) is 12.1 Å². The van der Waals surface area contributed by atoms with Crippen LogP contribution in [0.2, 0.25) is 0 Å². The van der Waals surface area contributed by atoms with E-state index in [1.807, 2.05) is 0 Å². The Kier molecular flexibility index (Phi) is 4.60. The second kappa shape index (κ2) is 6.84. The lowest BCUT2D eigenvalue weighted by molar-refractivity contribution is 0.159. The van der Waals surface area contributed by atoms with Gasteiger partial charge < -0.3 is 14.6 Å². The van der Waals surface area contributed by atoms with Crippen molar-refractivity contribution < 1.29 is 18.0 Å². The van der Waals surface area contributed by atoms with E-state index < -0.39 is 22.2 Å².